The molecule has 0 saturated carbocycles. The third-order valence-corrected chi connectivity index (χ3v) is 5.55. The van der Waals surface area contributed by atoms with Gasteiger partial charge in [-0.25, -0.2) is 0 Å². The summed E-state index contributed by atoms with van der Waals surface area (Å²) in [7, 11) is 0. The molecule has 2 aliphatic rings. The zero-order valence-corrected chi connectivity index (χ0v) is 18.1. The predicted octanol–water partition coefficient (Wildman–Crippen LogP) is -1.35. The van der Waals surface area contributed by atoms with Gasteiger partial charge in [0.1, 0.15) is 0 Å². The van der Waals surface area contributed by atoms with Crippen molar-refractivity contribution in [2.75, 3.05) is 0 Å². The summed E-state index contributed by atoms with van der Waals surface area (Å²) in [5.41, 5.74) is 8.87. The summed E-state index contributed by atoms with van der Waals surface area (Å²) in [5, 5.41) is 0. The first kappa shape index (κ1) is 17.6. The van der Waals surface area contributed by atoms with Gasteiger partial charge < -0.3 is 48.0 Å². The summed E-state index contributed by atoms with van der Waals surface area (Å²) in [6.45, 7) is 0. The van der Waals surface area contributed by atoms with Gasteiger partial charge in [-0.15, -0.1) is 0 Å². The number of allylic oxidation sites excluding steroid dienone is 4. The van der Waals surface area contributed by atoms with Crippen LogP contribution in [0, 0.1) is 0 Å². The second kappa shape index (κ2) is 7.22. The fourth-order valence-corrected chi connectivity index (χ4v) is 4.57. The molecule has 21 heavy (non-hydrogen) atoms. The molecule has 0 heterocycles. The van der Waals surface area contributed by atoms with E-state index in [2.05, 4.69) is 60.7 Å². The number of halogens is 2. The van der Waals surface area contributed by atoms with Crippen LogP contribution >= 0.6 is 0 Å². The monoisotopic (exact) mass is 573 g/mol. The third-order valence-electron chi connectivity index (χ3n) is 4.07. The molecule has 0 amide bonds. The number of rotatable bonds is 1. The molecule has 4 rings (SSSR count). The molecule has 0 bridgehead atoms. The maximum atomic E-state index is 2.29. The van der Waals surface area contributed by atoms with Crippen LogP contribution in [0.1, 0.15) is 26.7 Å². The van der Waals surface area contributed by atoms with E-state index in [0.29, 0.717) is 3.63 Å². The number of hydrogen-bond donors (Lipinski definition) is 0. The van der Waals surface area contributed by atoms with Crippen LogP contribution in [0.2, 0.25) is 0 Å². The van der Waals surface area contributed by atoms with Crippen molar-refractivity contribution in [3.8, 4) is 11.1 Å². The molecule has 0 N–H and O–H groups in total. The number of hydrogen-bond acceptors (Lipinski definition) is 0. The van der Waals surface area contributed by atoms with Crippen LogP contribution in [0.15, 0.2) is 60.7 Å². The molecule has 103 valence electrons. The average Bonchev–Trinajstić information content (AvgIpc) is 3.08. The Morgan fingerprint density at radius 2 is 1.57 bits per heavy atom. The maximum absolute atomic E-state index is 2.29. The topological polar surface area (TPSA) is 0 Å². The SMILES string of the molecule is [I-].[I-].[Zr+2][CH]1c2ccccc2-c2cccc(C3=CC=CC3)c21. The summed E-state index contributed by atoms with van der Waals surface area (Å²) in [4.78, 5) is 0. The molecule has 0 saturated heterocycles. The predicted molar refractivity (Wildman–Crippen MR) is 75.5 cm³/mol. The first-order valence-corrected chi connectivity index (χ1v) is 8.07. The standard InChI is InChI=1S/C18H13.2HI.Zr/c1-2-7-13(6-1)15-10-5-11-17-16-9-4-3-8-14(16)12-18(15)17;;;/h1-6,8-12H,7H2;2*1H;/q;;;+2/p-2. The van der Waals surface area contributed by atoms with Crippen molar-refractivity contribution >= 4 is 5.57 Å². The van der Waals surface area contributed by atoms with Crippen molar-refractivity contribution in [1.29, 1.82) is 0 Å². The van der Waals surface area contributed by atoms with Crippen molar-refractivity contribution in [3.63, 3.8) is 0 Å². The van der Waals surface area contributed by atoms with Crippen LogP contribution in [0.25, 0.3) is 16.7 Å². The first-order chi connectivity index (χ1) is 9.36. The van der Waals surface area contributed by atoms with Gasteiger partial charge in [-0.2, -0.15) is 0 Å². The Bertz CT molecular complexity index is 732. The second-order valence-corrected chi connectivity index (χ2v) is 6.53. The van der Waals surface area contributed by atoms with E-state index in [-0.39, 0.29) is 48.0 Å². The van der Waals surface area contributed by atoms with E-state index in [0.717, 1.165) is 6.42 Å². The van der Waals surface area contributed by atoms with Gasteiger partial charge in [0.15, 0.2) is 0 Å². The molecule has 1 unspecified atom stereocenters. The zero-order valence-electron chi connectivity index (χ0n) is 11.3. The van der Waals surface area contributed by atoms with Gasteiger partial charge in [-0.05, 0) is 0 Å². The van der Waals surface area contributed by atoms with Crippen molar-refractivity contribution in [2.24, 2.45) is 0 Å². The van der Waals surface area contributed by atoms with E-state index in [1.54, 1.807) is 30.3 Å². The van der Waals surface area contributed by atoms with Crippen LogP contribution in [0.4, 0.5) is 0 Å². The molecule has 1 atom stereocenters. The van der Waals surface area contributed by atoms with Crippen molar-refractivity contribution in [2.45, 2.75) is 10.0 Å². The fraction of sp³-hybridized carbons (Fsp3) is 0.111. The molecule has 0 radical (unpaired) electrons. The Labute approximate surface area is 175 Å². The van der Waals surface area contributed by atoms with Crippen molar-refractivity contribution in [3.05, 3.63) is 77.4 Å². The number of fused-ring (bicyclic) bond motifs is 3. The Morgan fingerprint density at radius 1 is 0.857 bits per heavy atom. The van der Waals surface area contributed by atoms with Crippen LogP contribution in [-0.4, -0.2) is 0 Å². The molecule has 2 aromatic carbocycles. The van der Waals surface area contributed by atoms with E-state index >= 15 is 0 Å². The van der Waals surface area contributed by atoms with Crippen LogP contribution in [0.3, 0.4) is 0 Å². The molecule has 2 aliphatic carbocycles. The normalized spacial score (nSPS) is 17.4. The van der Waals surface area contributed by atoms with Gasteiger partial charge in [0, 0.05) is 0 Å². The van der Waals surface area contributed by atoms with E-state index < -0.39 is 0 Å². The van der Waals surface area contributed by atoms with Crippen molar-refractivity contribution in [1.82, 2.24) is 0 Å². The Hall–Kier alpha value is 0.263. The molecule has 0 aromatic heterocycles. The van der Waals surface area contributed by atoms with E-state index in [9.17, 15) is 0 Å². The summed E-state index contributed by atoms with van der Waals surface area (Å²) in [6, 6.07) is 15.7. The summed E-state index contributed by atoms with van der Waals surface area (Å²) >= 11 is 1.58. The second-order valence-electron chi connectivity index (χ2n) is 5.11. The van der Waals surface area contributed by atoms with E-state index in [1.165, 1.54) is 27.8 Å². The van der Waals surface area contributed by atoms with Gasteiger partial charge in [0.05, 0.1) is 0 Å². The molecular formula is C18H13I2Zr. The van der Waals surface area contributed by atoms with Gasteiger partial charge in [-0.3, -0.25) is 0 Å². The molecule has 0 spiro atoms. The van der Waals surface area contributed by atoms with Gasteiger partial charge in [-0.1, -0.05) is 0 Å². The fourth-order valence-electron chi connectivity index (χ4n) is 3.19. The van der Waals surface area contributed by atoms with Crippen LogP contribution in [0.5, 0.6) is 0 Å². The molecular weight excluding hydrogens is 561 g/mol. The average molecular weight is 574 g/mol. The Morgan fingerprint density at radius 3 is 2.33 bits per heavy atom. The third kappa shape index (κ3) is 2.90. The molecule has 0 aliphatic heterocycles. The molecule has 3 heteroatoms. The summed E-state index contributed by atoms with van der Waals surface area (Å²) in [6.07, 6.45) is 7.76. The molecule has 0 fully saturated rings. The van der Waals surface area contributed by atoms with Crippen LogP contribution < -0.4 is 48.0 Å². The molecule has 2 aromatic rings. The van der Waals surface area contributed by atoms with Crippen LogP contribution in [-0.2, 0) is 24.7 Å². The zero-order chi connectivity index (χ0) is 12.8. The minimum atomic E-state index is 0. The summed E-state index contributed by atoms with van der Waals surface area (Å²) < 4.78 is 0.594. The molecule has 0 nitrogen and oxygen atoms in total. The van der Waals surface area contributed by atoms with Gasteiger partial charge in [0.25, 0.3) is 0 Å². The summed E-state index contributed by atoms with van der Waals surface area (Å²) in [5.74, 6) is 0. The quantitative estimate of drug-likeness (QED) is 0.370. The van der Waals surface area contributed by atoms with E-state index in [4.69, 9.17) is 0 Å². The van der Waals surface area contributed by atoms with Crippen molar-refractivity contribution < 1.29 is 72.7 Å². The first-order valence-electron chi connectivity index (χ1n) is 6.65. The minimum absolute atomic E-state index is 0. The Kier molecular flexibility index (Phi) is 6.06. The van der Waals surface area contributed by atoms with E-state index in [1.807, 2.05) is 0 Å². The number of benzene rings is 2. The Balaban J connectivity index is 0.000000807. The van der Waals surface area contributed by atoms with Gasteiger partial charge in [0.2, 0.25) is 0 Å². The van der Waals surface area contributed by atoms with Gasteiger partial charge >= 0.3 is 129 Å².